The molecule has 0 saturated carbocycles. The largest absolute Gasteiger partial charge is 0.368 e. The maximum atomic E-state index is 11.2. The summed E-state index contributed by atoms with van der Waals surface area (Å²) in [6.45, 7) is 1.80. The first-order valence-corrected chi connectivity index (χ1v) is 5.59. The van der Waals surface area contributed by atoms with Gasteiger partial charge in [0.05, 0.1) is 0 Å². The third kappa shape index (κ3) is 3.21. The van der Waals surface area contributed by atoms with Crippen LogP contribution in [0, 0.1) is 0 Å². The third-order valence-corrected chi connectivity index (χ3v) is 3.60. The van der Waals surface area contributed by atoms with Crippen molar-refractivity contribution < 1.29 is 4.79 Å². The van der Waals surface area contributed by atoms with E-state index in [9.17, 15) is 4.79 Å². The highest BCUT2D eigenvalue weighted by molar-refractivity contribution is 7.99. The van der Waals surface area contributed by atoms with Crippen LogP contribution < -0.4 is 11.1 Å². The molecule has 0 spiro atoms. The molecule has 4 nitrogen and oxygen atoms in total. The molecular formula is C10H15N3OS. The second-order valence-electron chi connectivity index (χ2n) is 3.42. The van der Waals surface area contributed by atoms with Gasteiger partial charge in [-0.1, -0.05) is 0 Å². The number of likely N-dealkylation sites (N-methyl/N-ethyl adjacent to an activating group) is 1. The number of rotatable bonds is 5. The van der Waals surface area contributed by atoms with Crippen LogP contribution in [0.4, 0.5) is 0 Å². The summed E-state index contributed by atoms with van der Waals surface area (Å²) >= 11 is 1.58. The molecule has 1 unspecified atom stereocenters. The SMILES string of the molecule is CNC(C)(CSc1ccncc1)C(N)=O. The molecule has 82 valence electrons. The Hall–Kier alpha value is -1.07. The Labute approximate surface area is 93.7 Å². The zero-order valence-electron chi connectivity index (χ0n) is 8.86. The number of amides is 1. The van der Waals surface area contributed by atoms with E-state index in [1.54, 1.807) is 38.1 Å². The lowest BCUT2D eigenvalue weighted by Crippen LogP contribution is -2.53. The third-order valence-electron chi connectivity index (χ3n) is 2.27. The zero-order valence-corrected chi connectivity index (χ0v) is 9.67. The first-order valence-electron chi connectivity index (χ1n) is 4.60. The van der Waals surface area contributed by atoms with E-state index in [2.05, 4.69) is 10.3 Å². The van der Waals surface area contributed by atoms with Crippen molar-refractivity contribution in [2.24, 2.45) is 5.73 Å². The van der Waals surface area contributed by atoms with E-state index in [-0.39, 0.29) is 5.91 Å². The summed E-state index contributed by atoms with van der Waals surface area (Å²) < 4.78 is 0. The Bertz CT molecular complexity index is 331. The lowest BCUT2D eigenvalue weighted by molar-refractivity contribution is -0.122. The van der Waals surface area contributed by atoms with Gasteiger partial charge in [0.15, 0.2) is 0 Å². The van der Waals surface area contributed by atoms with Gasteiger partial charge in [0.2, 0.25) is 5.91 Å². The average Bonchev–Trinajstić information content (AvgIpc) is 2.27. The normalized spacial score (nSPS) is 14.5. The summed E-state index contributed by atoms with van der Waals surface area (Å²) in [7, 11) is 1.73. The zero-order chi connectivity index (χ0) is 11.3. The topological polar surface area (TPSA) is 68.0 Å². The second kappa shape index (κ2) is 5.14. The van der Waals surface area contributed by atoms with Gasteiger partial charge in [-0.3, -0.25) is 9.78 Å². The summed E-state index contributed by atoms with van der Waals surface area (Å²) in [4.78, 5) is 16.2. The summed E-state index contributed by atoms with van der Waals surface area (Å²) in [5.74, 6) is 0.259. The Kier molecular flexibility index (Phi) is 4.11. The van der Waals surface area contributed by atoms with Crippen molar-refractivity contribution in [1.29, 1.82) is 0 Å². The monoisotopic (exact) mass is 225 g/mol. The molecule has 0 aromatic carbocycles. The van der Waals surface area contributed by atoms with Crippen molar-refractivity contribution in [2.75, 3.05) is 12.8 Å². The first kappa shape index (κ1) is 12.0. The lowest BCUT2D eigenvalue weighted by atomic mass is 10.1. The molecule has 1 amide bonds. The summed E-state index contributed by atoms with van der Waals surface area (Å²) in [5.41, 5.74) is 4.65. The molecule has 0 radical (unpaired) electrons. The van der Waals surface area contributed by atoms with E-state index < -0.39 is 5.54 Å². The van der Waals surface area contributed by atoms with Crippen molar-refractivity contribution in [1.82, 2.24) is 10.3 Å². The molecule has 15 heavy (non-hydrogen) atoms. The Morgan fingerprint density at radius 2 is 2.20 bits per heavy atom. The molecule has 1 aromatic heterocycles. The first-order chi connectivity index (χ1) is 7.08. The minimum atomic E-state index is -0.673. The number of hydrogen-bond donors (Lipinski definition) is 2. The molecule has 0 aliphatic heterocycles. The number of nitrogens with two attached hydrogens (primary N) is 1. The number of nitrogens with zero attached hydrogens (tertiary/aromatic N) is 1. The van der Waals surface area contributed by atoms with Gasteiger partial charge in [-0.15, -0.1) is 11.8 Å². The smallest absolute Gasteiger partial charge is 0.238 e. The molecule has 5 heteroatoms. The van der Waals surface area contributed by atoms with Crippen LogP contribution in [0.3, 0.4) is 0 Å². The van der Waals surface area contributed by atoms with Crippen LogP contribution in [0.15, 0.2) is 29.4 Å². The number of primary amides is 1. The molecule has 1 rings (SSSR count). The quantitative estimate of drug-likeness (QED) is 0.721. The standard InChI is InChI=1S/C10H15N3OS/c1-10(12-2,9(11)14)7-15-8-3-5-13-6-4-8/h3-6,12H,7H2,1-2H3,(H2,11,14). The number of carbonyl (C=O) groups is 1. The number of hydrogen-bond acceptors (Lipinski definition) is 4. The van der Waals surface area contributed by atoms with Crippen LogP contribution in [0.1, 0.15) is 6.92 Å². The van der Waals surface area contributed by atoms with Gasteiger partial charge in [0.25, 0.3) is 0 Å². The van der Waals surface area contributed by atoms with E-state index in [1.165, 1.54) is 0 Å². The van der Waals surface area contributed by atoms with E-state index in [0.29, 0.717) is 5.75 Å². The minimum Gasteiger partial charge on any atom is -0.368 e. The van der Waals surface area contributed by atoms with Crippen molar-refractivity contribution in [3.05, 3.63) is 24.5 Å². The number of pyridine rings is 1. The Morgan fingerprint density at radius 3 is 2.67 bits per heavy atom. The van der Waals surface area contributed by atoms with Gasteiger partial charge in [-0.05, 0) is 26.1 Å². The molecule has 0 aliphatic rings. The highest BCUT2D eigenvalue weighted by atomic mass is 32.2. The van der Waals surface area contributed by atoms with E-state index >= 15 is 0 Å². The molecule has 0 saturated heterocycles. The lowest BCUT2D eigenvalue weighted by Gasteiger charge is -2.24. The van der Waals surface area contributed by atoms with Gasteiger partial charge < -0.3 is 11.1 Å². The van der Waals surface area contributed by atoms with Crippen LogP contribution in [-0.2, 0) is 4.79 Å². The summed E-state index contributed by atoms with van der Waals surface area (Å²) in [6.07, 6.45) is 3.45. The van der Waals surface area contributed by atoms with E-state index in [4.69, 9.17) is 5.73 Å². The summed E-state index contributed by atoms with van der Waals surface area (Å²) in [5, 5.41) is 2.94. The highest BCUT2D eigenvalue weighted by Crippen LogP contribution is 2.21. The number of thioether (sulfide) groups is 1. The molecule has 0 fully saturated rings. The Morgan fingerprint density at radius 1 is 1.60 bits per heavy atom. The van der Waals surface area contributed by atoms with Crippen LogP contribution in [-0.4, -0.2) is 29.2 Å². The summed E-state index contributed by atoms with van der Waals surface area (Å²) in [6, 6.07) is 3.81. The maximum absolute atomic E-state index is 11.2. The average molecular weight is 225 g/mol. The van der Waals surface area contributed by atoms with Crippen LogP contribution in [0.5, 0.6) is 0 Å². The van der Waals surface area contributed by atoms with Crippen molar-refractivity contribution in [3.63, 3.8) is 0 Å². The predicted octanol–water partition coefficient (Wildman–Crippen LogP) is 0.637. The highest BCUT2D eigenvalue weighted by Gasteiger charge is 2.28. The van der Waals surface area contributed by atoms with Gasteiger partial charge in [-0.2, -0.15) is 0 Å². The molecule has 3 N–H and O–H groups in total. The van der Waals surface area contributed by atoms with Crippen LogP contribution in [0.2, 0.25) is 0 Å². The molecule has 0 aliphatic carbocycles. The molecule has 1 heterocycles. The van der Waals surface area contributed by atoms with Gasteiger partial charge in [0, 0.05) is 23.0 Å². The van der Waals surface area contributed by atoms with E-state index in [0.717, 1.165) is 4.90 Å². The van der Waals surface area contributed by atoms with Gasteiger partial charge in [-0.25, -0.2) is 0 Å². The minimum absolute atomic E-state index is 0.341. The number of nitrogens with one attached hydrogen (secondary N) is 1. The molecular weight excluding hydrogens is 210 g/mol. The maximum Gasteiger partial charge on any atom is 0.238 e. The van der Waals surface area contributed by atoms with Gasteiger partial charge >= 0.3 is 0 Å². The van der Waals surface area contributed by atoms with Crippen molar-refractivity contribution >= 4 is 17.7 Å². The number of aromatic nitrogens is 1. The number of carbonyl (C=O) groups excluding carboxylic acids is 1. The fourth-order valence-corrected chi connectivity index (χ4v) is 1.98. The Balaban J connectivity index is 2.59. The molecule has 1 atom stereocenters. The van der Waals surface area contributed by atoms with Crippen LogP contribution in [0.25, 0.3) is 0 Å². The van der Waals surface area contributed by atoms with Crippen molar-refractivity contribution in [2.45, 2.75) is 17.4 Å². The molecule has 0 bridgehead atoms. The fourth-order valence-electron chi connectivity index (χ4n) is 0.929. The van der Waals surface area contributed by atoms with E-state index in [1.807, 2.05) is 12.1 Å². The molecule has 1 aromatic rings. The fraction of sp³-hybridized carbons (Fsp3) is 0.400. The van der Waals surface area contributed by atoms with Crippen LogP contribution >= 0.6 is 11.8 Å². The predicted molar refractivity (Wildman–Crippen MR) is 61.6 cm³/mol. The van der Waals surface area contributed by atoms with Crippen molar-refractivity contribution in [3.8, 4) is 0 Å². The second-order valence-corrected chi connectivity index (χ2v) is 4.47. The van der Waals surface area contributed by atoms with Gasteiger partial charge in [0.1, 0.15) is 5.54 Å².